The summed E-state index contributed by atoms with van der Waals surface area (Å²) in [4.78, 5) is 4.29. The molecular weight excluding hydrogens is 286 g/mol. The average Bonchev–Trinajstić information content (AvgIpc) is 2.61. The highest BCUT2D eigenvalue weighted by atomic mass is 16.3. The highest BCUT2D eigenvalue weighted by Crippen LogP contribution is 2.25. The second kappa shape index (κ2) is 6.94. The summed E-state index contributed by atoms with van der Waals surface area (Å²) >= 11 is 0. The van der Waals surface area contributed by atoms with E-state index in [-0.39, 0.29) is 12.6 Å². The zero-order valence-corrected chi connectivity index (χ0v) is 12.7. The van der Waals surface area contributed by atoms with Gasteiger partial charge in [0.15, 0.2) is 0 Å². The Labute approximate surface area is 135 Å². The Morgan fingerprint density at radius 3 is 2.52 bits per heavy atom. The van der Waals surface area contributed by atoms with Crippen molar-refractivity contribution in [3.8, 4) is 11.1 Å². The third kappa shape index (κ3) is 3.67. The SMILES string of the molecule is Nc1cccc(-c2cncc(NC(CO)c3ccccc3)c2)c1. The molecule has 4 N–H and O–H groups in total. The molecule has 1 aromatic heterocycles. The molecule has 0 spiro atoms. The molecule has 0 saturated carbocycles. The van der Waals surface area contributed by atoms with Gasteiger partial charge < -0.3 is 16.2 Å². The molecule has 4 heteroatoms. The number of pyridine rings is 1. The lowest BCUT2D eigenvalue weighted by atomic mass is 10.1. The van der Waals surface area contributed by atoms with Gasteiger partial charge >= 0.3 is 0 Å². The highest BCUT2D eigenvalue weighted by molar-refractivity contribution is 5.69. The smallest absolute Gasteiger partial charge is 0.0745 e. The molecule has 1 unspecified atom stereocenters. The van der Waals surface area contributed by atoms with Crippen LogP contribution in [0.25, 0.3) is 11.1 Å². The van der Waals surface area contributed by atoms with Gasteiger partial charge in [-0.3, -0.25) is 4.98 Å². The fourth-order valence-electron chi connectivity index (χ4n) is 2.52. The van der Waals surface area contributed by atoms with Gasteiger partial charge in [0.2, 0.25) is 0 Å². The molecule has 0 amide bonds. The summed E-state index contributed by atoms with van der Waals surface area (Å²) in [6.07, 6.45) is 3.55. The van der Waals surface area contributed by atoms with E-state index >= 15 is 0 Å². The Kier molecular flexibility index (Phi) is 4.54. The first-order valence-electron chi connectivity index (χ1n) is 7.49. The van der Waals surface area contributed by atoms with Gasteiger partial charge in [-0.25, -0.2) is 0 Å². The molecule has 1 heterocycles. The standard InChI is InChI=1S/C19H19N3O/c20-17-8-4-7-15(9-17)16-10-18(12-21-11-16)22-19(13-23)14-5-2-1-3-6-14/h1-12,19,22-23H,13,20H2. The summed E-state index contributed by atoms with van der Waals surface area (Å²) in [6.45, 7) is 0.00647. The molecule has 3 aromatic rings. The number of aromatic nitrogens is 1. The van der Waals surface area contributed by atoms with Crippen molar-refractivity contribution in [3.05, 3.63) is 78.6 Å². The second-order valence-corrected chi connectivity index (χ2v) is 5.38. The Morgan fingerprint density at radius 2 is 1.78 bits per heavy atom. The van der Waals surface area contributed by atoms with Gasteiger partial charge in [0.25, 0.3) is 0 Å². The normalized spacial score (nSPS) is 11.9. The summed E-state index contributed by atoms with van der Waals surface area (Å²) in [6, 6.07) is 19.4. The fourth-order valence-corrected chi connectivity index (χ4v) is 2.52. The van der Waals surface area contributed by atoms with Crippen LogP contribution < -0.4 is 11.1 Å². The number of hydrogen-bond donors (Lipinski definition) is 3. The van der Waals surface area contributed by atoms with E-state index in [1.807, 2.05) is 60.7 Å². The molecule has 0 aliphatic carbocycles. The van der Waals surface area contributed by atoms with Crippen LogP contribution >= 0.6 is 0 Å². The minimum atomic E-state index is -0.172. The molecular formula is C19H19N3O. The maximum absolute atomic E-state index is 9.66. The van der Waals surface area contributed by atoms with E-state index in [0.717, 1.165) is 28.1 Å². The van der Waals surface area contributed by atoms with Crippen LogP contribution in [0.1, 0.15) is 11.6 Å². The molecule has 4 nitrogen and oxygen atoms in total. The zero-order valence-electron chi connectivity index (χ0n) is 12.7. The lowest BCUT2D eigenvalue weighted by Crippen LogP contribution is -2.14. The lowest BCUT2D eigenvalue weighted by Gasteiger charge is -2.18. The molecule has 0 aliphatic heterocycles. The molecule has 0 fully saturated rings. The number of nitrogens with one attached hydrogen (secondary N) is 1. The fraction of sp³-hybridized carbons (Fsp3) is 0.105. The van der Waals surface area contributed by atoms with Crippen LogP contribution in [0.5, 0.6) is 0 Å². The molecule has 1 atom stereocenters. The van der Waals surface area contributed by atoms with E-state index in [1.54, 1.807) is 12.4 Å². The van der Waals surface area contributed by atoms with Gasteiger partial charge in [0.05, 0.1) is 18.3 Å². The number of aliphatic hydroxyl groups is 1. The third-order valence-electron chi connectivity index (χ3n) is 3.68. The average molecular weight is 305 g/mol. The van der Waals surface area contributed by atoms with Crippen LogP contribution in [0, 0.1) is 0 Å². The summed E-state index contributed by atoms with van der Waals surface area (Å²) in [5.74, 6) is 0. The first-order valence-corrected chi connectivity index (χ1v) is 7.49. The first-order chi connectivity index (χ1) is 11.3. The third-order valence-corrected chi connectivity index (χ3v) is 3.68. The van der Waals surface area contributed by atoms with Gasteiger partial charge in [-0.05, 0) is 29.3 Å². The first kappa shape index (κ1) is 15.1. The Hall–Kier alpha value is -2.85. The van der Waals surface area contributed by atoms with Crippen LogP contribution in [0.2, 0.25) is 0 Å². The van der Waals surface area contributed by atoms with Gasteiger partial charge in [-0.1, -0.05) is 42.5 Å². The van der Waals surface area contributed by atoms with Crippen molar-refractivity contribution >= 4 is 11.4 Å². The Balaban J connectivity index is 1.85. The van der Waals surface area contributed by atoms with E-state index in [2.05, 4.69) is 10.3 Å². The van der Waals surface area contributed by atoms with Crippen molar-refractivity contribution in [2.24, 2.45) is 0 Å². The van der Waals surface area contributed by atoms with Crippen molar-refractivity contribution in [1.82, 2.24) is 4.98 Å². The summed E-state index contributed by atoms with van der Waals surface area (Å²) in [5.41, 5.74) is 10.4. The molecule has 23 heavy (non-hydrogen) atoms. The zero-order chi connectivity index (χ0) is 16.1. The van der Waals surface area contributed by atoms with Crippen LogP contribution in [-0.4, -0.2) is 16.7 Å². The summed E-state index contributed by atoms with van der Waals surface area (Å²) in [7, 11) is 0. The minimum absolute atomic E-state index is 0.00647. The van der Waals surface area contributed by atoms with Gasteiger partial charge in [-0.2, -0.15) is 0 Å². The maximum Gasteiger partial charge on any atom is 0.0745 e. The number of nitrogens with two attached hydrogens (primary N) is 1. The largest absolute Gasteiger partial charge is 0.399 e. The number of nitrogen functional groups attached to an aromatic ring is 1. The lowest BCUT2D eigenvalue weighted by molar-refractivity contribution is 0.276. The topological polar surface area (TPSA) is 71.2 Å². The van der Waals surface area contributed by atoms with Crippen LogP contribution in [0.4, 0.5) is 11.4 Å². The number of benzene rings is 2. The predicted octanol–water partition coefficient (Wildman–Crippen LogP) is 3.48. The van der Waals surface area contributed by atoms with Crippen LogP contribution in [0.15, 0.2) is 73.1 Å². The molecule has 0 aliphatic rings. The van der Waals surface area contributed by atoms with E-state index in [1.165, 1.54) is 0 Å². The predicted molar refractivity (Wildman–Crippen MR) is 94.0 cm³/mol. The number of aliphatic hydroxyl groups excluding tert-OH is 1. The molecule has 2 aromatic carbocycles. The van der Waals surface area contributed by atoms with E-state index in [9.17, 15) is 5.11 Å². The molecule has 0 radical (unpaired) electrons. The summed E-state index contributed by atoms with van der Waals surface area (Å²) in [5, 5.41) is 13.0. The Morgan fingerprint density at radius 1 is 0.957 bits per heavy atom. The monoisotopic (exact) mass is 305 g/mol. The number of rotatable bonds is 5. The van der Waals surface area contributed by atoms with Crippen molar-refractivity contribution in [3.63, 3.8) is 0 Å². The Bertz CT molecular complexity index is 774. The minimum Gasteiger partial charge on any atom is -0.399 e. The van der Waals surface area contributed by atoms with Crippen molar-refractivity contribution in [1.29, 1.82) is 0 Å². The molecule has 3 rings (SSSR count). The molecule has 0 bridgehead atoms. The van der Waals surface area contributed by atoms with Crippen LogP contribution in [-0.2, 0) is 0 Å². The molecule has 116 valence electrons. The van der Waals surface area contributed by atoms with Gasteiger partial charge in [0.1, 0.15) is 0 Å². The number of anilines is 2. The second-order valence-electron chi connectivity index (χ2n) is 5.38. The van der Waals surface area contributed by atoms with E-state index in [0.29, 0.717) is 0 Å². The maximum atomic E-state index is 9.66. The highest BCUT2D eigenvalue weighted by Gasteiger charge is 2.10. The summed E-state index contributed by atoms with van der Waals surface area (Å²) < 4.78 is 0. The molecule has 0 saturated heterocycles. The van der Waals surface area contributed by atoms with E-state index < -0.39 is 0 Å². The van der Waals surface area contributed by atoms with E-state index in [4.69, 9.17) is 5.73 Å². The van der Waals surface area contributed by atoms with Crippen molar-refractivity contribution in [2.45, 2.75) is 6.04 Å². The van der Waals surface area contributed by atoms with Gasteiger partial charge in [0, 0.05) is 23.6 Å². The van der Waals surface area contributed by atoms with Crippen LogP contribution in [0.3, 0.4) is 0 Å². The van der Waals surface area contributed by atoms with Crippen molar-refractivity contribution < 1.29 is 5.11 Å². The quantitative estimate of drug-likeness (QED) is 0.631. The number of nitrogens with zero attached hydrogens (tertiary/aromatic N) is 1. The van der Waals surface area contributed by atoms with Crippen molar-refractivity contribution in [2.75, 3.05) is 17.7 Å². The van der Waals surface area contributed by atoms with Gasteiger partial charge in [-0.15, -0.1) is 0 Å². The number of hydrogen-bond acceptors (Lipinski definition) is 4.